The number of hydrogen-bond acceptors (Lipinski definition) is 2. The fraction of sp³-hybridized carbons (Fsp3) is 0.600. The minimum atomic E-state index is 0.747. The van der Waals surface area contributed by atoms with Gasteiger partial charge >= 0.3 is 0 Å². The third-order valence-corrected chi connectivity index (χ3v) is 4.17. The Bertz CT molecular complexity index is 363. The van der Waals surface area contributed by atoms with Gasteiger partial charge in [0, 0.05) is 6.54 Å². The highest BCUT2D eigenvalue weighted by atomic mass is 14.9. The molecule has 0 amide bonds. The summed E-state index contributed by atoms with van der Waals surface area (Å²) in [4.78, 5) is 0. The Kier molecular flexibility index (Phi) is 3.44. The van der Waals surface area contributed by atoms with Crippen LogP contribution in [0.5, 0.6) is 0 Å². The van der Waals surface area contributed by atoms with Crippen LogP contribution in [0.4, 0.5) is 0 Å². The first-order chi connectivity index (χ1) is 8.42. The normalized spacial score (nSPS) is 28.7. The summed E-state index contributed by atoms with van der Waals surface area (Å²) in [5, 5.41) is 6.91. The van der Waals surface area contributed by atoms with Gasteiger partial charge in [-0.1, -0.05) is 24.3 Å². The molecule has 0 spiro atoms. The van der Waals surface area contributed by atoms with E-state index in [4.69, 9.17) is 0 Å². The monoisotopic (exact) mass is 230 g/mol. The largest absolute Gasteiger partial charge is 0.316 e. The first-order valence-electron chi connectivity index (χ1n) is 6.92. The van der Waals surface area contributed by atoms with Gasteiger partial charge in [0.05, 0.1) is 0 Å². The topological polar surface area (TPSA) is 24.1 Å². The molecule has 1 aromatic rings. The molecule has 2 saturated heterocycles. The molecule has 2 nitrogen and oxygen atoms in total. The molecule has 2 aliphatic heterocycles. The molecule has 1 aromatic carbocycles. The highest BCUT2D eigenvalue weighted by molar-refractivity contribution is 5.28. The van der Waals surface area contributed by atoms with E-state index < -0.39 is 0 Å². The second kappa shape index (κ2) is 5.19. The molecule has 0 aromatic heterocycles. The highest BCUT2D eigenvalue weighted by Crippen LogP contribution is 2.24. The molecule has 2 aliphatic rings. The van der Waals surface area contributed by atoms with Crippen molar-refractivity contribution < 1.29 is 0 Å². The quantitative estimate of drug-likeness (QED) is 0.829. The Morgan fingerprint density at radius 3 is 2.71 bits per heavy atom. The molecular weight excluding hydrogens is 208 g/mol. The van der Waals surface area contributed by atoms with Crippen molar-refractivity contribution in [3.8, 4) is 0 Å². The zero-order chi connectivity index (χ0) is 11.5. The molecule has 92 valence electrons. The fourth-order valence-corrected chi connectivity index (χ4v) is 3.14. The zero-order valence-corrected chi connectivity index (χ0v) is 10.4. The summed E-state index contributed by atoms with van der Waals surface area (Å²) < 4.78 is 0. The number of benzene rings is 1. The van der Waals surface area contributed by atoms with Crippen molar-refractivity contribution in [1.29, 1.82) is 0 Å². The maximum absolute atomic E-state index is 3.45. The van der Waals surface area contributed by atoms with Gasteiger partial charge in [0.1, 0.15) is 0 Å². The molecule has 3 rings (SSSR count). The van der Waals surface area contributed by atoms with Crippen LogP contribution in [0.15, 0.2) is 24.3 Å². The molecular formula is C15H22N2. The van der Waals surface area contributed by atoms with Crippen LogP contribution in [-0.4, -0.2) is 26.2 Å². The average Bonchev–Trinajstić information content (AvgIpc) is 3.01. The Balaban J connectivity index is 1.69. The Hall–Kier alpha value is -0.860. The van der Waals surface area contributed by atoms with Crippen molar-refractivity contribution in [3.05, 3.63) is 35.4 Å². The predicted octanol–water partition coefficient (Wildman–Crippen LogP) is 1.92. The second-order valence-corrected chi connectivity index (χ2v) is 5.50. The molecule has 0 bridgehead atoms. The summed E-state index contributed by atoms with van der Waals surface area (Å²) in [5.41, 5.74) is 3.07. The van der Waals surface area contributed by atoms with E-state index in [1.807, 2.05) is 0 Å². The second-order valence-electron chi connectivity index (χ2n) is 5.50. The van der Waals surface area contributed by atoms with E-state index in [0.717, 1.165) is 18.4 Å². The lowest BCUT2D eigenvalue weighted by Crippen LogP contribution is -2.11. The molecule has 0 aliphatic carbocycles. The minimum absolute atomic E-state index is 0.747. The van der Waals surface area contributed by atoms with Crippen molar-refractivity contribution in [2.45, 2.75) is 25.2 Å². The number of hydrogen-bond donors (Lipinski definition) is 2. The van der Waals surface area contributed by atoms with Gasteiger partial charge in [-0.05, 0) is 61.9 Å². The number of rotatable bonds is 3. The van der Waals surface area contributed by atoms with Crippen molar-refractivity contribution in [2.75, 3.05) is 26.2 Å². The van der Waals surface area contributed by atoms with Crippen LogP contribution in [0, 0.1) is 5.92 Å². The predicted molar refractivity (Wildman–Crippen MR) is 71.4 cm³/mol. The highest BCUT2D eigenvalue weighted by Gasteiger charge is 2.18. The lowest BCUT2D eigenvalue weighted by atomic mass is 9.93. The van der Waals surface area contributed by atoms with Crippen molar-refractivity contribution >= 4 is 0 Å². The molecule has 2 unspecified atom stereocenters. The lowest BCUT2D eigenvalue weighted by molar-refractivity contribution is 0.579. The Labute approximate surface area is 104 Å². The van der Waals surface area contributed by atoms with E-state index in [1.165, 1.54) is 44.5 Å². The number of nitrogens with one attached hydrogen (secondary N) is 2. The van der Waals surface area contributed by atoms with Gasteiger partial charge < -0.3 is 10.6 Å². The van der Waals surface area contributed by atoms with Crippen LogP contribution in [0.1, 0.15) is 29.9 Å². The van der Waals surface area contributed by atoms with Crippen LogP contribution in [0.25, 0.3) is 0 Å². The minimum Gasteiger partial charge on any atom is -0.316 e. The van der Waals surface area contributed by atoms with Gasteiger partial charge in [0.15, 0.2) is 0 Å². The maximum Gasteiger partial charge on any atom is 0.00206 e. The summed E-state index contributed by atoms with van der Waals surface area (Å²) in [5.74, 6) is 1.60. The lowest BCUT2D eigenvalue weighted by Gasteiger charge is -2.13. The van der Waals surface area contributed by atoms with E-state index >= 15 is 0 Å². The molecule has 0 saturated carbocycles. The summed E-state index contributed by atoms with van der Waals surface area (Å²) in [7, 11) is 0. The van der Waals surface area contributed by atoms with Gasteiger partial charge in [-0.15, -0.1) is 0 Å². The van der Waals surface area contributed by atoms with Crippen LogP contribution < -0.4 is 10.6 Å². The SMILES string of the molecule is c1cc(CC2CCNC2)cc(C2CCNC2)c1. The summed E-state index contributed by atoms with van der Waals surface area (Å²) in [6, 6.07) is 9.28. The van der Waals surface area contributed by atoms with Gasteiger partial charge in [0.25, 0.3) is 0 Å². The van der Waals surface area contributed by atoms with Crippen LogP contribution in [0.2, 0.25) is 0 Å². The van der Waals surface area contributed by atoms with E-state index in [1.54, 1.807) is 5.56 Å². The Morgan fingerprint density at radius 2 is 1.94 bits per heavy atom. The smallest absolute Gasteiger partial charge is 0.00206 e. The summed E-state index contributed by atoms with van der Waals surface area (Å²) in [6.07, 6.45) is 3.89. The molecule has 2 N–H and O–H groups in total. The standard InChI is InChI=1S/C15H22N2/c1-2-12(8-13-4-6-16-10-13)9-14(3-1)15-5-7-17-11-15/h1-3,9,13,15-17H,4-8,10-11H2. The van der Waals surface area contributed by atoms with Gasteiger partial charge in [-0.2, -0.15) is 0 Å². The van der Waals surface area contributed by atoms with Gasteiger partial charge in [-0.25, -0.2) is 0 Å². The first kappa shape index (κ1) is 11.2. The van der Waals surface area contributed by atoms with Crippen molar-refractivity contribution in [3.63, 3.8) is 0 Å². The van der Waals surface area contributed by atoms with E-state index in [0.29, 0.717) is 0 Å². The summed E-state index contributed by atoms with van der Waals surface area (Å²) in [6.45, 7) is 4.75. The first-order valence-corrected chi connectivity index (χ1v) is 6.92. The van der Waals surface area contributed by atoms with Crippen LogP contribution >= 0.6 is 0 Å². The van der Waals surface area contributed by atoms with Crippen LogP contribution in [-0.2, 0) is 6.42 Å². The Morgan fingerprint density at radius 1 is 1.06 bits per heavy atom. The molecule has 2 atom stereocenters. The maximum atomic E-state index is 3.45. The van der Waals surface area contributed by atoms with Gasteiger partial charge in [-0.3, -0.25) is 0 Å². The van der Waals surface area contributed by atoms with Crippen LogP contribution in [0.3, 0.4) is 0 Å². The van der Waals surface area contributed by atoms with E-state index in [-0.39, 0.29) is 0 Å². The van der Waals surface area contributed by atoms with E-state index in [9.17, 15) is 0 Å². The molecule has 2 heteroatoms. The average molecular weight is 230 g/mol. The summed E-state index contributed by atoms with van der Waals surface area (Å²) >= 11 is 0. The van der Waals surface area contributed by atoms with Crippen molar-refractivity contribution in [1.82, 2.24) is 10.6 Å². The third kappa shape index (κ3) is 2.70. The van der Waals surface area contributed by atoms with Crippen molar-refractivity contribution in [2.24, 2.45) is 5.92 Å². The molecule has 2 heterocycles. The molecule has 2 fully saturated rings. The third-order valence-electron chi connectivity index (χ3n) is 4.17. The molecule has 17 heavy (non-hydrogen) atoms. The van der Waals surface area contributed by atoms with E-state index in [2.05, 4.69) is 34.9 Å². The zero-order valence-electron chi connectivity index (χ0n) is 10.4. The molecule has 0 radical (unpaired) electrons. The fourth-order valence-electron chi connectivity index (χ4n) is 3.14. The van der Waals surface area contributed by atoms with Gasteiger partial charge in [0.2, 0.25) is 0 Å².